The van der Waals surface area contributed by atoms with Gasteiger partial charge >= 0.3 is 17.9 Å². The van der Waals surface area contributed by atoms with Gasteiger partial charge in [0.2, 0.25) is 11.8 Å². The van der Waals surface area contributed by atoms with E-state index in [1.165, 1.54) is 54.0 Å². The van der Waals surface area contributed by atoms with Crippen molar-refractivity contribution in [2.24, 2.45) is 5.73 Å². The van der Waals surface area contributed by atoms with Crippen molar-refractivity contribution in [2.45, 2.75) is 192 Å². The first-order valence-corrected chi connectivity index (χ1v) is 50.4. The number of ether oxygens (including phenoxy) is 1. The molecule has 3 aliphatic heterocycles. The van der Waals surface area contributed by atoms with Crippen molar-refractivity contribution < 1.29 is 64.8 Å². The number of piperidine rings is 2. The first-order chi connectivity index (χ1) is 63.7. The number of carbonyl (C=O) groups is 7. The Balaban J connectivity index is 0.000000198. The van der Waals surface area contributed by atoms with E-state index in [4.69, 9.17) is 15.0 Å². The molecule has 3 heterocycles. The van der Waals surface area contributed by atoms with E-state index in [0.717, 1.165) is 83.0 Å². The minimum absolute atomic E-state index is 0.00931. The normalized spacial score (nSPS) is 15.9. The van der Waals surface area contributed by atoms with Crippen molar-refractivity contribution in [3.05, 3.63) is 376 Å². The van der Waals surface area contributed by atoms with Gasteiger partial charge in [-0.2, -0.15) is 8.42 Å². The number of amides is 2. The summed E-state index contributed by atoms with van der Waals surface area (Å²) in [6.07, 6.45) is 6.73. The number of hydrogen-bond acceptors (Lipinski definition) is 13. The number of Topliss-reactive ketones (excluding diaryl/α,β-unsaturated/α-hetero) is 2. The Hall–Kier alpha value is -10.1. The third-order valence-corrected chi connectivity index (χ3v) is 26.8. The fraction of sp³-hybridized carbons (Fsp3) is 0.336. The Bertz CT molecular complexity index is 5500. The summed E-state index contributed by atoms with van der Waals surface area (Å²) < 4.78 is 63.1. The van der Waals surface area contributed by atoms with Crippen LogP contribution in [0.2, 0.25) is 0 Å². The fourth-order valence-corrected chi connectivity index (χ4v) is 17.8. The second-order valence-corrected chi connectivity index (χ2v) is 39.1. The van der Waals surface area contributed by atoms with Gasteiger partial charge in [0.25, 0.3) is 10.1 Å². The summed E-state index contributed by atoms with van der Waals surface area (Å²) in [7, 11) is -3.48. The lowest BCUT2D eigenvalue weighted by atomic mass is 9.87. The minimum atomic E-state index is -3.48. The number of benzene rings is 11. The summed E-state index contributed by atoms with van der Waals surface area (Å²) in [6, 6.07) is 92.8. The maximum absolute atomic E-state index is 14.0. The Labute approximate surface area is 818 Å². The molecule has 0 aliphatic carbocycles. The van der Waals surface area contributed by atoms with Gasteiger partial charge in [0.15, 0.2) is 0 Å². The molecule has 133 heavy (non-hydrogen) atoms. The van der Waals surface area contributed by atoms with Crippen LogP contribution in [0.4, 0.5) is 8.78 Å². The van der Waals surface area contributed by atoms with E-state index in [0.29, 0.717) is 75.0 Å². The quantitative estimate of drug-likeness (QED) is 0.0242. The van der Waals surface area contributed by atoms with Gasteiger partial charge in [0, 0.05) is 99.0 Å². The molecule has 3 fully saturated rings. The molecule has 16 nitrogen and oxygen atoms in total. The average Bonchev–Trinajstić information content (AvgIpc) is 0.810. The van der Waals surface area contributed by atoms with E-state index in [2.05, 4.69) is 150 Å². The SMILES string of the molecule is CCN(CC)CC.C[C@@H](c1ccc(-c2ccc(F)cc2F)cc1)N1CCC(c2ccccc2)CC1=O.C[C@@H](c1ccc(Br)cc1)N1CCC(c2ccccc2)CC1=O.C[C@H](CC(=O)CC(CC(=O)O)c1ccccc1)c1ccc(Br)cc1.C[C@H](CC(=O)CC(CCOS(C)(=O)=O)c1ccccc1)c1ccc(Br)cc1.C[C@H](N)c1ccc(Br)cc1.O=C1CC(c2ccccc2)CC(=O)O1. The molecule has 11 aromatic rings. The predicted octanol–water partition coefficient (Wildman–Crippen LogP) is 26.7. The first-order valence-electron chi connectivity index (χ1n) is 45.4. The number of nitrogens with zero attached hydrogens (tertiary/aromatic N) is 3. The van der Waals surface area contributed by atoms with Gasteiger partial charge in [-0.3, -0.25) is 37.7 Å². The molecule has 9 atom stereocenters. The molecule has 4 unspecified atom stereocenters. The summed E-state index contributed by atoms with van der Waals surface area (Å²) in [6.45, 7) is 21.9. The fourth-order valence-electron chi connectivity index (χ4n) is 16.3. The number of rotatable bonds is 30. The summed E-state index contributed by atoms with van der Waals surface area (Å²) in [5.74, 6) is -1.66. The van der Waals surface area contributed by atoms with Crippen LogP contribution in [-0.2, 0) is 52.6 Å². The van der Waals surface area contributed by atoms with Crippen LogP contribution in [0.3, 0.4) is 0 Å². The van der Waals surface area contributed by atoms with Crippen LogP contribution in [0.25, 0.3) is 11.1 Å². The highest BCUT2D eigenvalue weighted by Crippen LogP contribution is 2.38. The largest absolute Gasteiger partial charge is 0.481 e. The van der Waals surface area contributed by atoms with Crippen molar-refractivity contribution >= 4 is 115 Å². The number of carboxylic acids is 1. The number of aliphatic carboxylic acids is 1. The van der Waals surface area contributed by atoms with Gasteiger partial charge in [0.05, 0.1) is 44.2 Å². The molecule has 2 amide bonds. The third-order valence-electron chi connectivity index (χ3n) is 24.1. The van der Waals surface area contributed by atoms with Crippen molar-refractivity contribution in [1.82, 2.24) is 14.7 Å². The van der Waals surface area contributed by atoms with E-state index in [1.54, 1.807) is 0 Å². The zero-order valence-corrected chi connectivity index (χ0v) is 84.4. The lowest BCUT2D eigenvalue weighted by molar-refractivity contribution is -0.164. The maximum atomic E-state index is 14.0. The van der Waals surface area contributed by atoms with Crippen molar-refractivity contribution in [3.63, 3.8) is 0 Å². The Morgan fingerprint density at radius 2 is 0.789 bits per heavy atom. The number of carbonyl (C=O) groups excluding carboxylic acids is 6. The summed E-state index contributed by atoms with van der Waals surface area (Å²) in [5.41, 5.74) is 17.8. The van der Waals surface area contributed by atoms with Gasteiger partial charge in [-0.1, -0.05) is 323 Å². The number of hydrogen-bond donors (Lipinski definition) is 2. The molecule has 11 aromatic carbocycles. The van der Waals surface area contributed by atoms with Crippen LogP contribution in [-0.4, -0.2) is 115 Å². The summed E-state index contributed by atoms with van der Waals surface area (Å²) in [4.78, 5) is 90.0. The van der Waals surface area contributed by atoms with Crippen LogP contribution in [0.15, 0.2) is 309 Å². The zero-order chi connectivity index (χ0) is 96.5. The van der Waals surface area contributed by atoms with Gasteiger partial charge in [-0.25, -0.2) is 8.78 Å². The number of likely N-dealkylation sites (tertiary alicyclic amines) is 2. The third kappa shape index (κ3) is 37.6. The average molecular weight is 2080 g/mol. The molecule has 0 spiro atoms. The molecule has 0 saturated carbocycles. The summed E-state index contributed by atoms with van der Waals surface area (Å²) >= 11 is 13.6. The number of halogens is 6. The lowest BCUT2D eigenvalue weighted by Gasteiger charge is -2.36. The van der Waals surface area contributed by atoms with Gasteiger partial charge < -0.3 is 30.3 Å². The molecule has 0 radical (unpaired) electrons. The van der Waals surface area contributed by atoms with E-state index in [-0.39, 0.29) is 96.5 Å². The van der Waals surface area contributed by atoms with E-state index in [9.17, 15) is 50.8 Å². The zero-order valence-electron chi connectivity index (χ0n) is 77.2. The maximum Gasteiger partial charge on any atom is 0.314 e. The molecule has 3 N–H and O–H groups in total. The molecule has 23 heteroatoms. The van der Waals surface area contributed by atoms with Crippen LogP contribution in [0.5, 0.6) is 0 Å². The number of carboxylic acid groups (broad SMARTS) is 1. The molecule has 3 aliphatic rings. The first kappa shape index (κ1) is 108. The number of esters is 2. The molecular weight excluding hydrogens is 1960 g/mol. The molecule has 0 bridgehead atoms. The van der Waals surface area contributed by atoms with Gasteiger partial charge in [0.1, 0.15) is 23.2 Å². The van der Waals surface area contributed by atoms with Crippen LogP contribution in [0.1, 0.15) is 248 Å². The lowest BCUT2D eigenvalue weighted by Crippen LogP contribution is -2.39. The van der Waals surface area contributed by atoms with Gasteiger partial charge in [-0.05, 0) is 211 Å². The smallest absolute Gasteiger partial charge is 0.314 e. The Morgan fingerprint density at radius 1 is 0.444 bits per heavy atom. The minimum Gasteiger partial charge on any atom is -0.481 e. The highest BCUT2D eigenvalue weighted by molar-refractivity contribution is 9.11. The van der Waals surface area contributed by atoms with E-state index in [1.807, 2.05) is 262 Å². The monoisotopic (exact) mass is 2080 g/mol. The number of ketones is 2. The number of nitrogens with two attached hydrogens (primary N) is 1. The molecule has 14 rings (SSSR count). The van der Waals surface area contributed by atoms with Crippen LogP contribution < -0.4 is 5.73 Å². The van der Waals surface area contributed by atoms with Crippen LogP contribution >= 0.6 is 63.7 Å². The Morgan fingerprint density at radius 3 is 1.14 bits per heavy atom. The second kappa shape index (κ2) is 56.3. The molecule has 3 saturated heterocycles. The standard InChI is InChI=1S/C25H23F2NO.C21H25BrO4S.C20H21BrO3.C19H20BrNO.C11H10O3.C8H10BrN.C6H15N/c1-17(28-14-13-21(15-25(28)29)19-5-3-2-4-6-19)18-7-9-20(10-8-18)23-12-11-22(26)16-24(23)27;1-16(17-8-10-20(22)11-9-17)14-21(23)15-19(12-13-26-27(2,24)25)18-6-4-3-5-7-18;1-14(15-7-9-18(21)10-8-15)11-19(22)12-17(13-20(23)24)16-5-3-2-4-6-16;1-14(15-7-9-18(20)10-8-15)21-12-11-17(13-19(21)22)16-5-3-2-4-6-16;12-10-6-9(7-11(13)14-10)8-4-2-1-3-5-8;1-6(10)7-2-4-8(9)5-3-7;1-4-7(5-2)6-3/h2-12,16-17,21H,13-15H2,1H3;3-11,16,19H,12-15H2,1-2H3;2-10,14,17H,11-13H2,1H3,(H,23,24);2-10,14,17H,11-13H2,1H3;1-5,9H,6-7H2;2-6H,10H2,1H3;4-6H2,1-3H3/t17-,21?;16-,19?;2*14-,17?;;6-;/m0110.0./s1. The highest BCUT2D eigenvalue weighted by Gasteiger charge is 2.33. The molecule has 0 aromatic heterocycles. The number of cyclic esters (lactones) is 2. The molecular formula is C110H124Br4F2N4O12S. The second-order valence-electron chi connectivity index (χ2n) is 33.8. The predicted molar refractivity (Wildman–Crippen MR) is 542 cm³/mol. The summed E-state index contributed by atoms with van der Waals surface area (Å²) in [5, 5.41) is 9.13. The Kier molecular flexibility index (Phi) is 45.8. The van der Waals surface area contributed by atoms with Crippen LogP contribution in [0, 0.1) is 11.6 Å². The van der Waals surface area contributed by atoms with E-state index >= 15 is 0 Å². The van der Waals surface area contributed by atoms with E-state index < -0.39 is 39.7 Å². The topological polar surface area (TPSA) is 228 Å². The van der Waals surface area contributed by atoms with Crippen molar-refractivity contribution in [3.8, 4) is 11.1 Å². The van der Waals surface area contributed by atoms with Gasteiger partial charge in [-0.15, -0.1) is 0 Å². The van der Waals surface area contributed by atoms with Crippen molar-refractivity contribution in [2.75, 3.05) is 45.6 Å². The van der Waals surface area contributed by atoms with Crippen molar-refractivity contribution in [1.29, 1.82) is 0 Å². The highest BCUT2D eigenvalue weighted by atomic mass is 79.9. The molecule has 704 valence electrons.